The van der Waals surface area contributed by atoms with E-state index in [0.717, 1.165) is 24.5 Å². The lowest BCUT2D eigenvalue weighted by Gasteiger charge is -2.28. The maximum Gasteiger partial charge on any atom is 0.174 e. The largest absolute Gasteiger partial charge is 0.508 e. The van der Waals surface area contributed by atoms with Crippen LogP contribution in [0.2, 0.25) is 0 Å². The van der Waals surface area contributed by atoms with Crippen LogP contribution in [0.15, 0.2) is 35.9 Å². The quantitative estimate of drug-likeness (QED) is 0.312. The summed E-state index contributed by atoms with van der Waals surface area (Å²) in [6.45, 7) is 5.50. The van der Waals surface area contributed by atoms with E-state index in [9.17, 15) is 30.3 Å². The minimum absolute atomic E-state index is 0.0196. The molecule has 2 aromatic rings. The van der Waals surface area contributed by atoms with Crippen LogP contribution in [-0.4, -0.2) is 36.9 Å². The number of aliphatic hydroxyl groups is 1. The number of allylic oxidation sites excluding steroid dienone is 2. The molecule has 0 spiro atoms. The van der Waals surface area contributed by atoms with Crippen molar-refractivity contribution in [2.75, 3.05) is 0 Å². The second kappa shape index (κ2) is 9.12. The first kappa shape index (κ1) is 23.5. The van der Waals surface area contributed by atoms with Crippen molar-refractivity contribution in [2.45, 2.75) is 64.6 Å². The molecule has 32 heavy (non-hydrogen) atoms. The number of benzene rings is 2. The SMILES string of the molecule is CC(=CCc1c([C@@H]2CC(=O)c3c(O)cc(O)cc3O2)ccc(O)c1O)CCCC(C)(C)O. The summed E-state index contributed by atoms with van der Waals surface area (Å²) in [5, 5.41) is 50.2. The number of carbonyl (C=O) groups excluding carboxylic acids is 1. The molecule has 0 fully saturated rings. The maximum absolute atomic E-state index is 12.7. The molecule has 5 N–H and O–H groups in total. The summed E-state index contributed by atoms with van der Waals surface area (Å²) in [6, 6.07) is 5.31. The number of carbonyl (C=O) groups is 1. The highest BCUT2D eigenvalue weighted by molar-refractivity contribution is 6.02. The Kier molecular flexibility index (Phi) is 6.69. The van der Waals surface area contributed by atoms with Gasteiger partial charge in [0.25, 0.3) is 0 Å². The van der Waals surface area contributed by atoms with Gasteiger partial charge in [0.05, 0.1) is 12.0 Å². The van der Waals surface area contributed by atoms with E-state index in [2.05, 4.69) is 0 Å². The van der Waals surface area contributed by atoms with Gasteiger partial charge >= 0.3 is 0 Å². The van der Waals surface area contributed by atoms with E-state index in [1.165, 1.54) is 12.1 Å². The van der Waals surface area contributed by atoms with Crippen LogP contribution in [0.4, 0.5) is 0 Å². The van der Waals surface area contributed by atoms with Gasteiger partial charge in [-0.2, -0.15) is 0 Å². The molecule has 1 atom stereocenters. The molecule has 0 amide bonds. The first-order valence-electron chi connectivity index (χ1n) is 10.6. The zero-order valence-corrected chi connectivity index (χ0v) is 18.6. The number of rotatable bonds is 7. The van der Waals surface area contributed by atoms with Crippen LogP contribution in [0.5, 0.6) is 28.7 Å². The Balaban J connectivity index is 1.86. The summed E-state index contributed by atoms with van der Waals surface area (Å²) in [6.07, 6.45) is 3.71. The Morgan fingerprint density at radius 2 is 1.88 bits per heavy atom. The van der Waals surface area contributed by atoms with Crippen molar-refractivity contribution in [1.29, 1.82) is 0 Å². The highest BCUT2D eigenvalue weighted by atomic mass is 16.5. The number of aromatic hydroxyl groups is 4. The second-order valence-corrected chi connectivity index (χ2v) is 8.99. The van der Waals surface area contributed by atoms with E-state index in [1.54, 1.807) is 19.9 Å². The summed E-state index contributed by atoms with van der Waals surface area (Å²) in [5.74, 6) is -1.39. The van der Waals surface area contributed by atoms with Crippen molar-refractivity contribution >= 4 is 5.78 Å². The molecule has 3 rings (SSSR count). The average molecular weight is 443 g/mol. The van der Waals surface area contributed by atoms with Crippen LogP contribution < -0.4 is 4.74 Å². The van der Waals surface area contributed by atoms with Crippen LogP contribution in [0.1, 0.15) is 74.0 Å². The average Bonchev–Trinajstić information content (AvgIpc) is 2.67. The van der Waals surface area contributed by atoms with Crippen LogP contribution in [0, 0.1) is 0 Å². The van der Waals surface area contributed by atoms with Gasteiger partial charge in [-0.25, -0.2) is 0 Å². The van der Waals surface area contributed by atoms with Gasteiger partial charge in [-0.05, 0) is 52.5 Å². The summed E-state index contributed by atoms with van der Waals surface area (Å²) in [7, 11) is 0. The maximum atomic E-state index is 12.7. The zero-order chi connectivity index (χ0) is 23.6. The summed E-state index contributed by atoms with van der Waals surface area (Å²) >= 11 is 0. The third kappa shape index (κ3) is 5.34. The van der Waals surface area contributed by atoms with Gasteiger partial charge in [-0.3, -0.25) is 4.79 Å². The molecule has 0 bridgehead atoms. The standard InChI is InChI=1S/C25H30O7/c1-14(5-4-10-25(2,3)31)6-7-17-16(8-9-18(27)24(17)30)21-13-20(29)23-19(28)11-15(26)12-22(23)32-21/h6,8-9,11-12,21,26-28,30-31H,4-5,7,10,13H2,1-3H3/t21-/m0/s1. The van der Waals surface area contributed by atoms with Gasteiger partial charge in [0.2, 0.25) is 0 Å². The highest BCUT2D eigenvalue weighted by Gasteiger charge is 2.32. The number of hydrogen-bond acceptors (Lipinski definition) is 7. The molecule has 7 nitrogen and oxygen atoms in total. The lowest BCUT2D eigenvalue weighted by Crippen LogP contribution is -2.21. The Labute approximate surface area is 187 Å². The number of fused-ring (bicyclic) bond motifs is 1. The number of phenols is 4. The number of ketones is 1. The number of phenolic OH excluding ortho intramolecular Hbond substituents is 4. The molecule has 1 heterocycles. The molecule has 1 aliphatic rings. The molecule has 0 radical (unpaired) electrons. The van der Waals surface area contributed by atoms with Crippen molar-refractivity contribution in [3.8, 4) is 28.7 Å². The molecule has 0 aliphatic carbocycles. The molecule has 1 aliphatic heterocycles. The van der Waals surface area contributed by atoms with Crippen molar-refractivity contribution in [1.82, 2.24) is 0 Å². The lowest BCUT2D eigenvalue weighted by molar-refractivity contribution is 0.0689. The molecule has 0 saturated carbocycles. The third-order valence-corrected chi connectivity index (χ3v) is 5.64. The Morgan fingerprint density at radius 1 is 1.16 bits per heavy atom. The van der Waals surface area contributed by atoms with E-state index in [0.29, 0.717) is 24.0 Å². The van der Waals surface area contributed by atoms with Crippen molar-refractivity contribution < 1.29 is 35.1 Å². The van der Waals surface area contributed by atoms with E-state index >= 15 is 0 Å². The fraction of sp³-hybridized carbons (Fsp3) is 0.400. The molecule has 7 heteroatoms. The summed E-state index contributed by atoms with van der Waals surface area (Å²) in [5.41, 5.74) is 1.36. The van der Waals surface area contributed by atoms with Crippen LogP contribution >= 0.6 is 0 Å². The molecular formula is C25H30O7. The predicted molar refractivity (Wildman–Crippen MR) is 119 cm³/mol. The monoisotopic (exact) mass is 442 g/mol. The number of ether oxygens (including phenoxy) is 1. The van der Waals surface area contributed by atoms with E-state index in [-0.39, 0.29) is 46.5 Å². The van der Waals surface area contributed by atoms with Crippen molar-refractivity contribution in [3.63, 3.8) is 0 Å². The normalized spacial score (nSPS) is 16.6. The van der Waals surface area contributed by atoms with E-state index < -0.39 is 11.7 Å². The molecule has 2 aromatic carbocycles. The van der Waals surface area contributed by atoms with Gasteiger partial charge in [0.15, 0.2) is 17.3 Å². The van der Waals surface area contributed by atoms with Crippen LogP contribution in [0.25, 0.3) is 0 Å². The smallest absolute Gasteiger partial charge is 0.174 e. The zero-order valence-electron chi connectivity index (χ0n) is 18.6. The number of hydrogen-bond donors (Lipinski definition) is 5. The lowest BCUT2D eigenvalue weighted by atomic mass is 9.90. The van der Waals surface area contributed by atoms with Gasteiger partial charge in [0, 0.05) is 23.3 Å². The third-order valence-electron chi connectivity index (χ3n) is 5.64. The second-order valence-electron chi connectivity index (χ2n) is 8.99. The topological polar surface area (TPSA) is 127 Å². The molecule has 0 unspecified atom stereocenters. The van der Waals surface area contributed by atoms with E-state index in [1.807, 2.05) is 13.0 Å². The van der Waals surface area contributed by atoms with Crippen molar-refractivity contribution in [3.05, 3.63) is 52.6 Å². The summed E-state index contributed by atoms with van der Waals surface area (Å²) in [4.78, 5) is 12.7. The first-order valence-corrected chi connectivity index (χ1v) is 10.6. The van der Waals surface area contributed by atoms with Gasteiger partial charge < -0.3 is 30.3 Å². The molecule has 0 aromatic heterocycles. The Morgan fingerprint density at radius 3 is 2.56 bits per heavy atom. The first-order chi connectivity index (χ1) is 15.0. The minimum Gasteiger partial charge on any atom is -0.508 e. The van der Waals surface area contributed by atoms with E-state index in [4.69, 9.17) is 4.74 Å². The fourth-order valence-corrected chi connectivity index (χ4v) is 3.93. The highest BCUT2D eigenvalue weighted by Crippen LogP contribution is 2.44. The Hall–Kier alpha value is -3.19. The predicted octanol–water partition coefficient (Wildman–Crippen LogP) is 4.65. The van der Waals surface area contributed by atoms with Gasteiger partial charge in [0.1, 0.15) is 28.9 Å². The van der Waals surface area contributed by atoms with Crippen molar-refractivity contribution in [2.24, 2.45) is 0 Å². The number of Topliss-reactive ketones (excluding diaryl/α,β-unsaturated/α-hetero) is 1. The van der Waals surface area contributed by atoms with Crippen LogP contribution in [-0.2, 0) is 6.42 Å². The Bertz CT molecular complexity index is 1050. The van der Waals surface area contributed by atoms with Gasteiger partial charge in [-0.1, -0.05) is 17.7 Å². The molecular weight excluding hydrogens is 412 g/mol. The van der Waals surface area contributed by atoms with Gasteiger partial charge in [-0.15, -0.1) is 0 Å². The fourth-order valence-electron chi connectivity index (χ4n) is 3.93. The summed E-state index contributed by atoms with van der Waals surface area (Å²) < 4.78 is 5.91. The molecule has 172 valence electrons. The molecule has 0 saturated heterocycles. The minimum atomic E-state index is -0.749. The van der Waals surface area contributed by atoms with Crippen LogP contribution in [0.3, 0.4) is 0 Å².